The first kappa shape index (κ1) is 15.8. The maximum Gasteiger partial charge on any atom is 0.270 e. The van der Waals surface area contributed by atoms with Gasteiger partial charge in [0.25, 0.3) is 5.91 Å². The highest BCUT2D eigenvalue weighted by Crippen LogP contribution is 2.24. The van der Waals surface area contributed by atoms with Crippen LogP contribution >= 0.6 is 0 Å². The fourth-order valence-corrected chi connectivity index (χ4v) is 3.07. The number of nitrogens with one attached hydrogen (secondary N) is 1. The summed E-state index contributed by atoms with van der Waals surface area (Å²) >= 11 is 0. The van der Waals surface area contributed by atoms with E-state index >= 15 is 0 Å². The standard InChI is InChI=1S/C16H24N2O3/c1-3-8-18(14-6-4-5-7-15(14)20)16(21)13-10-12(19)9-11(2)17-13/h9-10,14-15,20H,3-8H2,1-2H3,(H,17,19)/t14-,15-/m1/s1. The molecule has 1 aromatic rings. The van der Waals surface area contributed by atoms with Gasteiger partial charge in [-0.1, -0.05) is 19.8 Å². The molecule has 2 atom stereocenters. The van der Waals surface area contributed by atoms with Crippen LogP contribution in [-0.4, -0.2) is 39.6 Å². The van der Waals surface area contributed by atoms with Crippen LogP contribution in [0.15, 0.2) is 16.9 Å². The number of amides is 1. The van der Waals surface area contributed by atoms with Gasteiger partial charge >= 0.3 is 0 Å². The lowest BCUT2D eigenvalue weighted by Crippen LogP contribution is -2.49. The van der Waals surface area contributed by atoms with Gasteiger partial charge in [0.15, 0.2) is 5.43 Å². The normalized spacial score (nSPS) is 22.0. The smallest absolute Gasteiger partial charge is 0.270 e. The predicted molar refractivity (Wildman–Crippen MR) is 81.4 cm³/mol. The molecule has 0 spiro atoms. The molecule has 5 nitrogen and oxygen atoms in total. The zero-order valence-corrected chi connectivity index (χ0v) is 12.8. The summed E-state index contributed by atoms with van der Waals surface area (Å²) in [5.41, 5.74) is 0.813. The van der Waals surface area contributed by atoms with Crippen LogP contribution in [0, 0.1) is 6.92 Å². The van der Waals surface area contributed by atoms with Crippen LogP contribution in [0.2, 0.25) is 0 Å². The van der Waals surface area contributed by atoms with Crippen LogP contribution in [0.3, 0.4) is 0 Å². The van der Waals surface area contributed by atoms with Crippen LogP contribution in [-0.2, 0) is 0 Å². The molecule has 21 heavy (non-hydrogen) atoms. The number of aromatic nitrogens is 1. The molecule has 2 N–H and O–H groups in total. The highest BCUT2D eigenvalue weighted by molar-refractivity contribution is 5.92. The van der Waals surface area contributed by atoms with Gasteiger partial charge in [0.05, 0.1) is 12.1 Å². The Labute approximate surface area is 125 Å². The lowest BCUT2D eigenvalue weighted by atomic mass is 9.91. The summed E-state index contributed by atoms with van der Waals surface area (Å²) in [6, 6.07) is 2.67. The third-order valence-corrected chi connectivity index (χ3v) is 4.03. The molecule has 2 rings (SSSR count). The molecule has 1 aliphatic carbocycles. The molecule has 1 amide bonds. The monoisotopic (exact) mass is 292 g/mol. The van der Waals surface area contributed by atoms with Crippen molar-refractivity contribution in [1.29, 1.82) is 0 Å². The molecule has 1 saturated carbocycles. The first-order valence-electron chi connectivity index (χ1n) is 7.73. The molecule has 1 heterocycles. The summed E-state index contributed by atoms with van der Waals surface area (Å²) in [5, 5.41) is 10.2. The van der Waals surface area contributed by atoms with Gasteiger partial charge in [-0.15, -0.1) is 0 Å². The van der Waals surface area contributed by atoms with Gasteiger partial charge in [-0.25, -0.2) is 0 Å². The second-order valence-corrected chi connectivity index (χ2v) is 5.83. The number of hydrogen-bond donors (Lipinski definition) is 2. The van der Waals surface area contributed by atoms with E-state index in [9.17, 15) is 14.7 Å². The Kier molecular flexibility index (Phi) is 5.17. The van der Waals surface area contributed by atoms with E-state index in [-0.39, 0.29) is 17.4 Å². The number of aliphatic hydroxyl groups excluding tert-OH is 1. The lowest BCUT2D eigenvalue weighted by molar-refractivity contribution is 0.0174. The maximum atomic E-state index is 12.7. The van der Waals surface area contributed by atoms with E-state index in [0.29, 0.717) is 17.9 Å². The van der Waals surface area contributed by atoms with Crippen molar-refractivity contribution in [3.63, 3.8) is 0 Å². The van der Waals surface area contributed by atoms with E-state index in [0.717, 1.165) is 32.1 Å². The Balaban J connectivity index is 2.28. The summed E-state index contributed by atoms with van der Waals surface area (Å²) < 4.78 is 0. The molecule has 1 fully saturated rings. The number of carbonyl (C=O) groups is 1. The largest absolute Gasteiger partial charge is 0.391 e. The number of aliphatic hydroxyl groups is 1. The van der Waals surface area contributed by atoms with Crippen molar-refractivity contribution in [1.82, 2.24) is 9.88 Å². The minimum atomic E-state index is -0.467. The third kappa shape index (κ3) is 3.73. The van der Waals surface area contributed by atoms with Crippen molar-refractivity contribution in [2.75, 3.05) is 6.54 Å². The van der Waals surface area contributed by atoms with E-state index in [1.807, 2.05) is 6.92 Å². The van der Waals surface area contributed by atoms with E-state index in [2.05, 4.69) is 4.98 Å². The average Bonchev–Trinajstić information content (AvgIpc) is 2.44. The Hall–Kier alpha value is -1.62. The predicted octanol–water partition coefficient (Wildman–Crippen LogP) is 1.84. The van der Waals surface area contributed by atoms with Gasteiger partial charge in [0.2, 0.25) is 0 Å². The molecule has 0 aromatic carbocycles. The molecule has 0 aliphatic heterocycles. The Morgan fingerprint density at radius 2 is 2.10 bits per heavy atom. The minimum Gasteiger partial charge on any atom is -0.391 e. The summed E-state index contributed by atoms with van der Waals surface area (Å²) in [6.07, 6.45) is 3.95. The van der Waals surface area contributed by atoms with Gasteiger partial charge in [0.1, 0.15) is 5.69 Å². The van der Waals surface area contributed by atoms with Crippen molar-refractivity contribution < 1.29 is 9.90 Å². The molecule has 0 bridgehead atoms. The number of hydrogen-bond acceptors (Lipinski definition) is 3. The molecule has 116 valence electrons. The summed E-state index contributed by atoms with van der Waals surface area (Å²) in [6.45, 7) is 4.36. The van der Waals surface area contributed by atoms with Crippen molar-refractivity contribution in [2.24, 2.45) is 0 Å². The molecule has 1 aliphatic rings. The van der Waals surface area contributed by atoms with Crippen LogP contribution < -0.4 is 5.43 Å². The Morgan fingerprint density at radius 3 is 2.71 bits per heavy atom. The molecule has 1 aromatic heterocycles. The zero-order valence-electron chi connectivity index (χ0n) is 12.8. The van der Waals surface area contributed by atoms with Gasteiger partial charge in [0, 0.05) is 24.4 Å². The first-order chi connectivity index (χ1) is 10.0. The summed E-state index contributed by atoms with van der Waals surface area (Å²) in [4.78, 5) is 29.0. The van der Waals surface area contributed by atoms with Crippen molar-refractivity contribution in [3.8, 4) is 0 Å². The average molecular weight is 292 g/mol. The fourth-order valence-electron chi connectivity index (χ4n) is 3.07. The number of nitrogens with zero attached hydrogens (tertiary/aromatic N) is 1. The van der Waals surface area contributed by atoms with E-state index in [4.69, 9.17) is 0 Å². The highest BCUT2D eigenvalue weighted by Gasteiger charge is 2.32. The van der Waals surface area contributed by atoms with Gasteiger partial charge in [-0.2, -0.15) is 0 Å². The van der Waals surface area contributed by atoms with Crippen molar-refractivity contribution in [3.05, 3.63) is 33.7 Å². The minimum absolute atomic E-state index is 0.143. The number of pyridine rings is 1. The van der Waals surface area contributed by atoms with Gasteiger partial charge in [-0.3, -0.25) is 9.59 Å². The number of aryl methyl sites for hydroxylation is 1. The molecular formula is C16H24N2O3. The molecule has 0 saturated heterocycles. The van der Waals surface area contributed by atoms with Crippen LogP contribution in [0.1, 0.15) is 55.2 Å². The summed E-state index contributed by atoms with van der Waals surface area (Å²) in [5.74, 6) is -0.191. The van der Waals surface area contributed by atoms with Crippen molar-refractivity contribution in [2.45, 2.75) is 58.1 Å². The van der Waals surface area contributed by atoms with E-state index in [1.165, 1.54) is 12.1 Å². The Bertz CT molecular complexity index is 553. The van der Waals surface area contributed by atoms with Crippen LogP contribution in [0.4, 0.5) is 0 Å². The molecular weight excluding hydrogens is 268 g/mol. The van der Waals surface area contributed by atoms with E-state index in [1.54, 1.807) is 11.8 Å². The lowest BCUT2D eigenvalue weighted by Gasteiger charge is -2.37. The topological polar surface area (TPSA) is 73.4 Å². The number of aromatic amines is 1. The number of carbonyl (C=O) groups excluding carboxylic acids is 1. The summed E-state index contributed by atoms with van der Waals surface area (Å²) in [7, 11) is 0. The van der Waals surface area contributed by atoms with Gasteiger partial charge in [-0.05, 0) is 26.2 Å². The quantitative estimate of drug-likeness (QED) is 0.889. The molecule has 5 heteroatoms. The second-order valence-electron chi connectivity index (χ2n) is 5.83. The number of H-pyrrole nitrogens is 1. The van der Waals surface area contributed by atoms with Crippen molar-refractivity contribution >= 4 is 5.91 Å². The molecule has 0 radical (unpaired) electrons. The highest BCUT2D eigenvalue weighted by atomic mass is 16.3. The van der Waals surface area contributed by atoms with Crippen LogP contribution in [0.5, 0.6) is 0 Å². The maximum absolute atomic E-state index is 12.7. The second kappa shape index (κ2) is 6.89. The Morgan fingerprint density at radius 1 is 1.38 bits per heavy atom. The van der Waals surface area contributed by atoms with Gasteiger partial charge < -0.3 is 15.0 Å². The molecule has 0 unspecified atom stereocenters. The number of rotatable bonds is 4. The van der Waals surface area contributed by atoms with E-state index < -0.39 is 6.10 Å². The van der Waals surface area contributed by atoms with Crippen LogP contribution in [0.25, 0.3) is 0 Å². The third-order valence-electron chi connectivity index (χ3n) is 4.03. The zero-order chi connectivity index (χ0) is 15.4. The fraction of sp³-hybridized carbons (Fsp3) is 0.625. The first-order valence-corrected chi connectivity index (χ1v) is 7.73. The SMILES string of the molecule is CCCN(C(=O)c1cc(=O)cc(C)[nH]1)[C@@H]1CCCC[C@H]1O.